The van der Waals surface area contributed by atoms with Gasteiger partial charge in [0.05, 0.1) is 4.99 Å². The third-order valence-electron chi connectivity index (χ3n) is 6.65. The summed E-state index contributed by atoms with van der Waals surface area (Å²) < 4.78 is 0. The molecule has 0 radical (unpaired) electrons. The van der Waals surface area contributed by atoms with Crippen LogP contribution in [-0.2, 0) is 4.79 Å². The minimum absolute atomic E-state index is 0.0676. The van der Waals surface area contributed by atoms with Gasteiger partial charge in [-0.3, -0.25) is 4.79 Å². The van der Waals surface area contributed by atoms with E-state index in [-0.39, 0.29) is 5.91 Å². The van der Waals surface area contributed by atoms with Gasteiger partial charge in [-0.2, -0.15) is 0 Å². The van der Waals surface area contributed by atoms with Gasteiger partial charge in [-0.1, -0.05) is 42.4 Å². The Morgan fingerprint density at radius 1 is 1.14 bits per heavy atom. The number of rotatable bonds is 3. The Balaban J connectivity index is 1.52. The minimum atomic E-state index is 0.0676. The van der Waals surface area contributed by atoms with Crippen LogP contribution in [0.1, 0.15) is 55.2 Å². The van der Waals surface area contributed by atoms with E-state index in [9.17, 15) is 4.79 Å². The van der Waals surface area contributed by atoms with Crippen LogP contribution < -0.4 is 4.90 Å². The highest BCUT2D eigenvalue weighted by Gasteiger charge is 2.42. The number of carbonyl (C=O) groups excluding carboxylic acids is 1. The first kappa shape index (κ1) is 18.6. The molecular formula is C25H26N2OS. The number of likely N-dealkylation sites (N-methyl/N-ethyl adjacent to an activating group) is 1. The van der Waals surface area contributed by atoms with Crippen molar-refractivity contribution in [1.82, 2.24) is 4.90 Å². The van der Waals surface area contributed by atoms with E-state index < -0.39 is 0 Å². The molecule has 0 N–H and O–H groups in total. The number of aryl methyl sites for hydroxylation is 1. The fourth-order valence-corrected chi connectivity index (χ4v) is 5.63. The first-order valence-electron chi connectivity index (χ1n) is 10.6. The molecule has 148 valence electrons. The van der Waals surface area contributed by atoms with Gasteiger partial charge in [0, 0.05) is 41.9 Å². The molecule has 4 heteroatoms. The van der Waals surface area contributed by atoms with E-state index in [4.69, 9.17) is 12.2 Å². The maximum atomic E-state index is 12.6. The molecule has 2 fully saturated rings. The highest BCUT2D eigenvalue weighted by atomic mass is 32.1. The Labute approximate surface area is 178 Å². The molecule has 29 heavy (non-hydrogen) atoms. The average molecular weight is 403 g/mol. The van der Waals surface area contributed by atoms with E-state index >= 15 is 0 Å². The summed E-state index contributed by atoms with van der Waals surface area (Å²) in [6.45, 7) is 4.76. The zero-order valence-corrected chi connectivity index (χ0v) is 17.8. The molecule has 2 unspecified atom stereocenters. The van der Waals surface area contributed by atoms with Gasteiger partial charge in [0.25, 0.3) is 5.91 Å². The lowest BCUT2D eigenvalue weighted by atomic mass is 9.95. The average Bonchev–Trinajstić information content (AvgIpc) is 3.36. The summed E-state index contributed by atoms with van der Waals surface area (Å²) in [6, 6.07) is 16.1. The Kier molecular flexibility index (Phi) is 4.54. The first-order valence-corrected chi connectivity index (χ1v) is 11.0. The molecule has 0 spiro atoms. The van der Waals surface area contributed by atoms with Crippen molar-refractivity contribution < 1.29 is 4.79 Å². The largest absolute Gasteiger partial charge is 0.338 e. The second kappa shape index (κ2) is 7.10. The molecule has 2 aliphatic heterocycles. The highest BCUT2D eigenvalue weighted by molar-refractivity contribution is 7.80. The van der Waals surface area contributed by atoms with E-state index in [0.29, 0.717) is 24.9 Å². The van der Waals surface area contributed by atoms with Crippen LogP contribution in [0.15, 0.2) is 48.0 Å². The molecule has 0 aromatic heterocycles. The van der Waals surface area contributed by atoms with Crippen LogP contribution in [0.5, 0.6) is 0 Å². The number of hydrogen-bond acceptors (Lipinski definition) is 3. The Morgan fingerprint density at radius 2 is 1.93 bits per heavy atom. The third-order valence-corrected chi connectivity index (χ3v) is 7.02. The molecule has 1 amide bonds. The van der Waals surface area contributed by atoms with Crippen LogP contribution in [-0.4, -0.2) is 28.4 Å². The normalized spacial score (nSPS) is 24.6. The summed E-state index contributed by atoms with van der Waals surface area (Å²) in [7, 11) is 0. The minimum Gasteiger partial charge on any atom is -0.338 e. The van der Waals surface area contributed by atoms with Crippen molar-refractivity contribution in [2.45, 2.75) is 51.5 Å². The van der Waals surface area contributed by atoms with Gasteiger partial charge >= 0.3 is 0 Å². The van der Waals surface area contributed by atoms with Crippen LogP contribution in [0.4, 0.5) is 11.4 Å². The lowest BCUT2D eigenvalue weighted by molar-refractivity contribution is -0.122. The number of benzene rings is 2. The Morgan fingerprint density at radius 3 is 2.66 bits per heavy atom. The summed E-state index contributed by atoms with van der Waals surface area (Å²) in [6.07, 6.45) is 6.39. The SMILES string of the molecule is CCN1C(=O)C(=Cc2ccc3c(c2)C2CCCC2N3c2ccc(C)cc2)CC1=S. The van der Waals surface area contributed by atoms with Crippen molar-refractivity contribution >= 4 is 40.6 Å². The van der Waals surface area contributed by atoms with E-state index in [1.165, 1.54) is 41.8 Å². The van der Waals surface area contributed by atoms with Crippen molar-refractivity contribution in [3.63, 3.8) is 0 Å². The predicted octanol–water partition coefficient (Wildman–Crippen LogP) is 5.75. The van der Waals surface area contributed by atoms with E-state index in [2.05, 4.69) is 54.3 Å². The smallest absolute Gasteiger partial charge is 0.255 e. The summed E-state index contributed by atoms with van der Waals surface area (Å²) in [5.74, 6) is 0.648. The van der Waals surface area contributed by atoms with Crippen LogP contribution in [0.2, 0.25) is 0 Å². The summed E-state index contributed by atoms with van der Waals surface area (Å²) in [5.41, 5.74) is 7.26. The zero-order valence-electron chi connectivity index (χ0n) is 17.0. The number of hydrogen-bond donors (Lipinski definition) is 0. The fraction of sp³-hybridized carbons (Fsp3) is 0.360. The number of nitrogens with zero attached hydrogens (tertiary/aromatic N) is 2. The third kappa shape index (κ3) is 3.01. The van der Waals surface area contributed by atoms with Gasteiger partial charge in [-0.25, -0.2) is 0 Å². The fourth-order valence-electron chi connectivity index (χ4n) is 5.26. The summed E-state index contributed by atoms with van der Waals surface area (Å²) >= 11 is 5.39. The molecule has 2 aromatic carbocycles. The number of carbonyl (C=O) groups is 1. The van der Waals surface area contributed by atoms with Crippen molar-refractivity contribution in [1.29, 1.82) is 0 Å². The van der Waals surface area contributed by atoms with E-state index in [1.54, 1.807) is 4.90 Å². The molecule has 1 saturated carbocycles. The molecule has 3 aliphatic rings. The quantitative estimate of drug-likeness (QED) is 0.483. The van der Waals surface area contributed by atoms with E-state index in [0.717, 1.165) is 16.1 Å². The van der Waals surface area contributed by atoms with Gasteiger partial charge in [-0.05, 0) is 68.2 Å². The lowest BCUT2D eigenvalue weighted by Crippen LogP contribution is -2.27. The maximum Gasteiger partial charge on any atom is 0.255 e. The van der Waals surface area contributed by atoms with Gasteiger partial charge in [0.2, 0.25) is 0 Å². The van der Waals surface area contributed by atoms with Crippen molar-refractivity contribution in [3.05, 3.63) is 64.7 Å². The zero-order chi connectivity index (χ0) is 20.1. The van der Waals surface area contributed by atoms with Gasteiger partial charge in [-0.15, -0.1) is 0 Å². The first-order chi connectivity index (χ1) is 14.1. The number of likely N-dealkylation sites (tertiary alicyclic amines) is 1. The highest BCUT2D eigenvalue weighted by Crippen LogP contribution is 2.52. The standard InChI is InChI=1S/C25H26N2OS/c1-3-26-24(29)15-18(25(26)28)13-17-9-12-23-21(14-17)20-5-4-6-22(20)27(23)19-10-7-16(2)8-11-19/h7-14,20,22H,3-6,15H2,1-2H3. The Hall–Kier alpha value is -2.46. The van der Waals surface area contributed by atoms with Crippen LogP contribution in [0, 0.1) is 6.92 Å². The van der Waals surface area contributed by atoms with Gasteiger partial charge in [0.1, 0.15) is 0 Å². The predicted molar refractivity (Wildman–Crippen MR) is 123 cm³/mol. The van der Waals surface area contributed by atoms with Crippen molar-refractivity contribution in [2.75, 3.05) is 11.4 Å². The topological polar surface area (TPSA) is 23.6 Å². The monoisotopic (exact) mass is 402 g/mol. The Bertz CT molecular complexity index is 1020. The number of anilines is 2. The molecule has 2 aromatic rings. The summed E-state index contributed by atoms with van der Waals surface area (Å²) in [4.78, 5) is 17.6. The molecule has 2 atom stereocenters. The lowest BCUT2D eigenvalue weighted by Gasteiger charge is -2.27. The van der Waals surface area contributed by atoms with Crippen molar-refractivity contribution in [2.24, 2.45) is 0 Å². The molecule has 5 rings (SSSR count). The van der Waals surface area contributed by atoms with Crippen molar-refractivity contribution in [3.8, 4) is 0 Å². The molecular weight excluding hydrogens is 376 g/mol. The number of fused-ring (bicyclic) bond motifs is 3. The van der Waals surface area contributed by atoms with Gasteiger partial charge in [0.15, 0.2) is 0 Å². The van der Waals surface area contributed by atoms with Crippen LogP contribution in [0.25, 0.3) is 6.08 Å². The second-order valence-corrected chi connectivity index (χ2v) is 8.89. The molecule has 1 aliphatic carbocycles. The molecule has 0 bridgehead atoms. The number of thiocarbonyl (C=S) groups is 1. The second-order valence-electron chi connectivity index (χ2n) is 8.42. The van der Waals surface area contributed by atoms with E-state index in [1.807, 2.05) is 13.0 Å². The number of amides is 1. The van der Waals surface area contributed by atoms with Crippen LogP contribution >= 0.6 is 12.2 Å². The molecule has 1 saturated heterocycles. The molecule has 3 nitrogen and oxygen atoms in total. The van der Waals surface area contributed by atoms with Gasteiger partial charge < -0.3 is 9.80 Å². The molecule has 2 heterocycles. The maximum absolute atomic E-state index is 12.6. The summed E-state index contributed by atoms with van der Waals surface area (Å²) in [5, 5.41) is 0. The van der Waals surface area contributed by atoms with Crippen LogP contribution in [0.3, 0.4) is 0 Å².